The highest BCUT2D eigenvalue weighted by Gasteiger charge is 2.16. The molecule has 3 heterocycles. The zero-order chi connectivity index (χ0) is 16.1. The number of aromatic nitrogens is 3. The highest BCUT2D eigenvalue weighted by molar-refractivity contribution is 6.39. The van der Waals surface area contributed by atoms with Crippen molar-refractivity contribution in [1.82, 2.24) is 14.5 Å². The number of H-pyrrole nitrogens is 1. The summed E-state index contributed by atoms with van der Waals surface area (Å²) in [6, 6.07) is 8.90. The van der Waals surface area contributed by atoms with Crippen molar-refractivity contribution in [2.24, 2.45) is 7.05 Å². The molecule has 1 N–H and O–H groups in total. The lowest BCUT2D eigenvalue weighted by Gasteiger charge is -2.12. The maximum absolute atomic E-state index is 12.9. The number of aromatic amines is 1. The minimum atomic E-state index is -0.152. The second-order valence-electron chi connectivity index (χ2n) is 5.32. The van der Waals surface area contributed by atoms with Gasteiger partial charge in [0.25, 0.3) is 5.56 Å². The van der Waals surface area contributed by atoms with E-state index < -0.39 is 0 Å². The standard InChI is InChI=1S/C17H11Cl2N3O/c1-22-15-9(8-21-16-10(15)5-6-20-16)7-11(17(22)23)14-12(18)3-2-4-13(14)19/h2-8H,1H3,(H,20,21). The van der Waals surface area contributed by atoms with Crippen LogP contribution >= 0.6 is 23.2 Å². The van der Waals surface area contributed by atoms with Gasteiger partial charge in [-0.1, -0.05) is 29.3 Å². The van der Waals surface area contributed by atoms with E-state index in [1.807, 2.05) is 6.07 Å². The van der Waals surface area contributed by atoms with Crippen LogP contribution in [0.2, 0.25) is 10.0 Å². The lowest BCUT2D eigenvalue weighted by Crippen LogP contribution is -2.19. The summed E-state index contributed by atoms with van der Waals surface area (Å²) in [6.45, 7) is 0. The molecule has 0 aliphatic heterocycles. The van der Waals surface area contributed by atoms with Gasteiger partial charge in [0.15, 0.2) is 0 Å². The zero-order valence-corrected chi connectivity index (χ0v) is 13.6. The molecular formula is C17H11Cl2N3O. The molecule has 0 saturated heterocycles. The molecule has 23 heavy (non-hydrogen) atoms. The van der Waals surface area contributed by atoms with Crippen LogP contribution in [-0.4, -0.2) is 14.5 Å². The van der Waals surface area contributed by atoms with Crippen LogP contribution in [0, 0.1) is 0 Å². The first-order valence-corrected chi connectivity index (χ1v) is 7.73. The van der Waals surface area contributed by atoms with Gasteiger partial charge in [-0.15, -0.1) is 0 Å². The van der Waals surface area contributed by atoms with Gasteiger partial charge in [-0.25, -0.2) is 4.98 Å². The van der Waals surface area contributed by atoms with Crippen molar-refractivity contribution < 1.29 is 0 Å². The third-order valence-electron chi connectivity index (χ3n) is 3.99. The third kappa shape index (κ3) is 2.06. The quantitative estimate of drug-likeness (QED) is 0.557. The Balaban J connectivity index is 2.17. The van der Waals surface area contributed by atoms with Gasteiger partial charge in [0.2, 0.25) is 0 Å². The van der Waals surface area contributed by atoms with Gasteiger partial charge < -0.3 is 9.55 Å². The minimum Gasteiger partial charge on any atom is -0.346 e. The van der Waals surface area contributed by atoms with Gasteiger partial charge in [0, 0.05) is 35.8 Å². The number of nitrogens with one attached hydrogen (secondary N) is 1. The number of pyridine rings is 2. The molecule has 0 atom stereocenters. The monoisotopic (exact) mass is 343 g/mol. The SMILES string of the molecule is Cn1c(=O)c(-c2c(Cl)cccc2Cl)cc2cnc3[nH]ccc3c21. The Hall–Kier alpha value is -2.30. The molecule has 4 nitrogen and oxygen atoms in total. The van der Waals surface area contributed by atoms with Gasteiger partial charge in [-0.2, -0.15) is 0 Å². The second kappa shape index (κ2) is 5.11. The molecule has 0 unspecified atom stereocenters. The van der Waals surface area contributed by atoms with Crippen LogP contribution in [0.3, 0.4) is 0 Å². The molecule has 0 fully saturated rings. The van der Waals surface area contributed by atoms with Crippen molar-refractivity contribution in [3.63, 3.8) is 0 Å². The van der Waals surface area contributed by atoms with E-state index in [0.717, 1.165) is 21.9 Å². The maximum Gasteiger partial charge on any atom is 0.258 e. The molecule has 1 aromatic carbocycles. The summed E-state index contributed by atoms with van der Waals surface area (Å²) in [5.74, 6) is 0. The largest absolute Gasteiger partial charge is 0.346 e. The zero-order valence-electron chi connectivity index (χ0n) is 12.1. The normalized spacial score (nSPS) is 11.4. The van der Waals surface area contributed by atoms with Crippen LogP contribution < -0.4 is 5.56 Å². The van der Waals surface area contributed by atoms with Crippen molar-refractivity contribution in [1.29, 1.82) is 0 Å². The van der Waals surface area contributed by atoms with Gasteiger partial charge in [0.05, 0.1) is 21.1 Å². The minimum absolute atomic E-state index is 0.152. The number of rotatable bonds is 1. The number of aryl methyl sites for hydroxylation is 1. The summed E-state index contributed by atoms with van der Waals surface area (Å²) in [5, 5.41) is 2.65. The molecule has 0 radical (unpaired) electrons. The average molecular weight is 344 g/mol. The third-order valence-corrected chi connectivity index (χ3v) is 4.62. The van der Waals surface area contributed by atoms with Crippen LogP contribution in [0.25, 0.3) is 33.1 Å². The van der Waals surface area contributed by atoms with E-state index >= 15 is 0 Å². The Labute approximate surface area is 141 Å². The van der Waals surface area contributed by atoms with Crippen LogP contribution in [0.5, 0.6) is 0 Å². The fourth-order valence-corrected chi connectivity index (χ4v) is 3.52. The molecule has 0 aliphatic rings. The van der Waals surface area contributed by atoms with Crippen molar-refractivity contribution in [3.8, 4) is 11.1 Å². The van der Waals surface area contributed by atoms with Crippen molar-refractivity contribution in [2.75, 3.05) is 0 Å². The summed E-state index contributed by atoms with van der Waals surface area (Å²) in [6.07, 6.45) is 3.54. The molecular weight excluding hydrogens is 333 g/mol. The number of halogens is 2. The molecule has 3 aromatic heterocycles. The predicted molar refractivity (Wildman–Crippen MR) is 94.3 cm³/mol. The van der Waals surface area contributed by atoms with E-state index in [4.69, 9.17) is 23.2 Å². The fourth-order valence-electron chi connectivity index (χ4n) is 2.92. The summed E-state index contributed by atoms with van der Waals surface area (Å²) in [4.78, 5) is 20.3. The first-order valence-electron chi connectivity index (χ1n) is 6.98. The van der Waals surface area contributed by atoms with Gasteiger partial charge in [-0.3, -0.25) is 4.79 Å². The molecule has 0 aliphatic carbocycles. The highest BCUT2D eigenvalue weighted by atomic mass is 35.5. The molecule has 0 saturated carbocycles. The van der Waals surface area contributed by atoms with E-state index in [0.29, 0.717) is 21.2 Å². The summed E-state index contributed by atoms with van der Waals surface area (Å²) < 4.78 is 1.61. The van der Waals surface area contributed by atoms with Crippen LogP contribution in [0.1, 0.15) is 0 Å². The molecule has 0 bridgehead atoms. The smallest absolute Gasteiger partial charge is 0.258 e. The Morgan fingerprint density at radius 1 is 1.17 bits per heavy atom. The van der Waals surface area contributed by atoms with Gasteiger partial charge >= 0.3 is 0 Å². The summed E-state index contributed by atoms with van der Waals surface area (Å²) in [7, 11) is 1.74. The number of fused-ring (bicyclic) bond motifs is 3. The van der Waals surface area contributed by atoms with Crippen LogP contribution in [0.4, 0.5) is 0 Å². The van der Waals surface area contributed by atoms with Gasteiger partial charge in [0.1, 0.15) is 5.65 Å². The Bertz CT molecular complexity index is 1110. The Kier molecular flexibility index (Phi) is 3.18. The van der Waals surface area contributed by atoms with Crippen LogP contribution in [0.15, 0.2) is 47.5 Å². The number of benzene rings is 1. The van der Waals surface area contributed by atoms with Crippen molar-refractivity contribution in [2.45, 2.75) is 0 Å². The summed E-state index contributed by atoms with van der Waals surface area (Å²) in [5.41, 5.74) is 2.44. The highest BCUT2D eigenvalue weighted by Crippen LogP contribution is 2.34. The lowest BCUT2D eigenvalue weighted by atomic mass is 10.0. The number of nitrogens with zero attached hydrogens (tertiary/aromatic N) is 2. The fraction of sp³-hybridized carbons (Fsp3) is 0.0588. The van der Waals surface area contributed by atoms with Crippen molar-refractivity contribution >= 4 is 45.1 Å². The van der Waals surface area contributed by atoms with Crippen LogP contribution in [-0.2, 0) is 7.05 Å². The lowest BCUT2D eigenvalue weighted by molar-refractivity contribution is 0.912. The predicted octanol–water partition coefficient (Wildman–Crippen LogP) is 4.39. The molecule has 4 aromatic rings. The molecule has 0 amide bonds. The maximum atomic E-state index is 12.9. The van der Waals surface area contributed by atoms with Crippen molar-refractivity contribution in [3.05, 3.63) is 63.1 Å². The topological polar surface area (TPSA) is 50.7 Å². The Morgan fingerprint density at radius 3 is 2.65 bits per heavy atom. The van der Waals surface area contributed by atoms with E-state index in [1.54, 1.807) is 48.3 Å². The van der Waals surface area contributed by atoms with E-state index in [-0.39, 0.29) is 5.56 Å². The second-order valence-corrected chi connectivity index (χ2v) is 6.14. The number of hydrogen-bond donors (Lipinski definition) is 1. The molecule has 6 heteroatoms. The van der Waals surface area contributed by atoms with E-state index in [1.165, 1.54) is 0 Å². The van der Waals surface area contributed by atoms with E-state index in [2.05, 4.69) is 9.97 Å². The average Bonchev–Trinajstić information content (AvgIpc) is 2.99. The van der Waals surface area contributed by atoms with E-state index in [9.17, 15) is 4.79 Å². The Morgan fingerprint density at radius 2 is 1.91 bits per heavy atom. The molecule has 0 spiro atoms. The summed E-state index contributed by atoms with van der Waals surface area (Å²) >= 11 is 12.5. The molecule has 114 valence electrons. The molecule has 4 rings (SSSR count). The number of hydrogen-bond acceptors (Lipinski definition) is 2. The first kappa shape index (κ1) is 14.3. The first-order chi connectivity index (χ1) is 11.1. The van der Waals surface area contributed by atoms with Gasteiger partial charge in [-0.05, 0) is 24.3 Å².